The molecule has 1 amide bonds. The second-order valence-electron chi connectivity index (χ2n) is 6.42. The molecule has 18 heavy (non-hydrogen) atoms. The van der Waals surface area contributed by atoms with Gasteiger partial charge in [0.25, 0.3) is 0 Å². The van der Waals surface area contributed by atoms with E-state index in [4.69, 9.17) is 0 Å². The number of rotatable bonds is 3. The molecule has 0 spiro atoms. The molecule has 0 bridgehead atoms. The van der Waals surface area contributed by atoms with Crippen molar-refractivity contribution in [2.75, 3.05) is 20.1 Å². The summed E-state index contributed by atoms with van der Waals surface area (Å²) in [6.07, 6.45) is 3.50. The van der Waals surface area contributed by atoms with E-state index in [2.05, 4.69) is 22.6 Å². The minimum absolute atomic E-state index is 0.0627. The first-order valence-electron chi connectivity index (χ1n) is 7.06. The highest BCUT2D eigenvalue weighted by atomic mass is 16.2. The summed E-state index contributed by atoms with van der Waals surface area (Å²) in [6.45, 7) is 10.2. The first-order chi connectivity index (χ1) is 8.31. The fourth-order valence-electron chi connectivity index (χ4n) is 2.38. The molecule has 106 valence electrons. The van der Waals surface area contributed by atoms with Gasteiger partial charge in [0.05, 0.1) is 6.04 Å². The van der Waals surface area contributed by atoms with Gasteiger partial charge in [0.1, 0.15) is 0 Å². The number of carbonyl (C=O) groups excluding carboxylic acids is 1. The molecule has 0 aromatic rings. The number of amides is 1. The lowest BCUT2D eigenvalue weighted by atomic mass is 10.0. The van der Waals surface area contributed by atoms with Crippen molar-refractivity contribution in [1.82, 2.24) is 15.5 Å². The maximum atomic E-state index is 12.2. The van der Waals surface area contributed by atoms with E-state index in [1.165, 1.54) is 12.8 Å². The fraction of sp³-hybridized carbons (Fsp3) is 0.929. The zero-order valence-electron chi connectivity index (χ0n) is 12.5. The summed E-state index contributed by atoms with van der Waals surface area (Å²) in [5, 5.41) is 6.47. The monoisotopic (exact) mass is 255 g/mol. The zero-order valence-corrected chi connectivity index (χ0v) is 12.5. The summed E-state index contributed by atoms with van der Waals surface area (Å²) < 4.78 is 0. The average Bonchev–Trinajstić information content (AvgIpc) is 2.53. The molecule has 2 N–H and O–H groups in total. The van der Waals surface area contributed by atoms with Gasteiger partial charge in [-0.3, -0.25) is 9.69 Å². The van der Waals surface area contributed by atoms with Gasteiger partial charge in [-0.15, -0.1) is 0 Å². The van der Waals surface area contributed by atoms with Crippen molar-refractivity contribution in [3.63, 3.8) is 0 Å². The van der Waals surface area contributed by atoms with Crippen LogP contribution >= 0.6 is 0 Å². The van der Waals surface area contributed by atoms with Crippen molar-refractivity contribution in [3.05, 3.63) is 0 Å². The molecule has 0 aromatic heterocycles. The number of hydrogen-bond acceptors (Lipinski definition) is 3. The Balaban J connectivity index is 2.53. The van der Waals surface area contributed by atoms with E-state index < -0.39 is 0 Å². The van der Waals surface area contributed by atoms with Gasteiger partial charge in [-0.2, -0.15) is 0 Å². The van der Waals surface area contributed by atoms with Crippen LogP contribution in [0.1, 0.15) is 47.0 Å². The first-order valence-corrected chi connectivity index (χ1v) is 7.06. The minimum Gasteiger partial charge on any atom is -0.350 e. The molecular weight excluding hydrogens is 226 g/mol. The standard InChI is InChI=1S/C14H29N3O/c1-11(13(18)16-14(2,3)4)17(5)12-7-6-9-15-10-8-12/h11-12,15H,6-10H2,1-5H3,(H,16,18). The molecule has 0 radical (unpaired) electrons. The van der Waals surface area contributed by atoms with E-state index in [1.54, 1.807) is 0 Å². The van der Waals surface area contributed by atoms with Crippen LogP contribution in [-0.4, -0.2) is 48.6 Å². The second-order valence-corrected chi connectivity index (χ2v) is 6.42. The van der Waals surface area contributed by atoms with Crippen LogP contribution in [0.4, 0.5) is 0 Å². The maximum absolute atomic E-state index is 12.2. The molecule has 4 heteroatoms. The predicted octanol–water partition coefficient (Wildman–Crippen LogP) is 1.36. The van der Waals surface area contributed by atoms with E-state index in [9.17, 15) is 4.79 Å². The van der Waals surface area contributed by atoms with Crippen molar-refractivity contribution in [2.45, 2.75) is 64.6 Å². The number of nitrogens with one attached hydrogen (secondary N) is 2. The second kappa shape index (κ2) is 6.53. The summed E-state index contributed by atoms with van der Waals surface area (Å²) in [5.41, 5.74) is -0.156. The van der Waals surface area contributed by atoms with Gasteiger partial charge in [-0.1, -0.05) is 0 Å². The van der Waals surface area contributed by atoms with Crippen LogP contribution in [0.25, 0.3) is 0 Å². The molecule has 1 saturated heterocycles. The highest BCUT2D eigenvalue weighted by molar-refractivity contribution is 5.81. The van der Waals surface area contributed by atoms with Gasteiger partial charge in [0.15, 0.2) is 0 Å². The minimum atomic E-state index is -0.156. The topological polar surface area (TPSA) is 44.4 Å². The molecule has 2 unspecified atom stereocenters. The van der Waals surface area contributed by atoms with Crippen LogP contribution in [0.5, 0.6) is 0 Å². The van der Waals surface area contributed by atoms with Gasteiger partial charge >= 0.3 is 0 Å². The molecule has 1 fully saturated rings. The van der Waals surface area contributed by atoms with Crippen LogP contribution in [0.15, 0.2) is 0 Å². The van der Waals surface area contributed by atoms with E-state index in [-0.39, 0.29) is 17.5 Å². The van der Waals surface area contributed by atoms with Crippen molar-refractivity contribution >= 4 is 5.91 Å². The largest absolute Gasteiger partial charge is 0.350 e. The third kappa shape index (κ3) is 4.94. The molecule has 0 aliphatic carbocycles. The predicted molar refractivity (Wildman–Crippen MR) is 75.6 cm³/mol. The van der Waals surface area contributed by atoms with Crippen molar-refractivity contribution in [3.8, 4) is 0 Å². The lowest BCUT2D eigenvalue weighted by Gasteiger charge is -2.33. The van der Waals surface area contributed by atoms with E-state index in [1.807, 2.05) is 27.7 Å². The summed E-state index contributed by atoms with van der Waals surface area (Å²) >= 11 is 0. The number of nitrogens with zero attached hydrogens (tertiary/aromatic N) is 1. The molecule has 0 saturated carbocycles. The molecular formula is C14H29N3O. The smallest absolute Gasteiger partial charge is 0.237 e. The van der Waals surface area contributed by atoms with Gasteiger partial charge in [-0.05, 0) is 67.1 Å². The first kappa shape index (κ1) is 15.4. The fourth-order valence-corrected chi connectivity index (χ4v) is 2.38. The normalized spacial score (nSPS) is 23.6. The summed E-state index contributed by atoms with van der Waals surface area (Å²) in [7, 11) is 2.07. The van der Waals surface area contributed by atoms with Gasteiger partial charge < -0.3 is 10.6 Å². The lowest BCUT2D eigenvalue weighted by Crippen LogP contribution is -2.52. The Morgan fingerprint density at radius 1 is 1.33 bits per heavy atom. The number of carbonyl (C=O) groups is 1. The third-order valence-electron chi connectivity index (χ3n) is 3.61. The number of hydrogen-bond donors (Lipinski definition) is 2. The Hall–Kier alpha value is -0.610. The van der Waals surface area contributed by atoms with Gasteiger partial charge in [0.2, 0.25) is 5.91 Å². The lowest BCUT2D eigenvalue weighted by molar-refractivity contribution is -0.127. The Morgan fingerprint density at radius 2 is 2.00 bits per heavy atom. The Kier molecular flexibility index (Phi) is 5.60. The maximum Gasteiger partial charge on any atom is 0.237 e. The molecule has 0 aromatic carbocycles. The number of likely N-dealkylation sites (N-methyl/N-ethyl adjacent to an activating group) is 1. The molecule has 1 aliphatic rings. The van der Waals surface area contributed by atoms with E-state index in [0.717, 1.165) is 19.5 Å². The van der Waals surface area contributed by atoms with Crippen LogP contribution in [0, 0.1) is 0 Å². The van der Waals surface area contributed by atoms with Crippen molar-refractivity contribution < 1.29 is 4.79 Å². The van der Waals surface area contributed by atoms with Crippen molar-refractivity contribution in [2.24, 2.45) is 0 Å². The Bertz CT molecular complexity index is 265. The molecule has 4 nitrogen and oxygen atoms in total. The average molecular weight is 255 g/mol. The highest BCUT2D eigenvalue weighted by Gasteiger charge is 2.27. The van der Waals surface area contributed by atoms with Crippen LogP contribution in [-0.2, 0) is 4.79 Å². The SMILES string of the molecule is CC(C(=O)NC(C)(C)C)N(C)C1CCCNCC1. The van der Waals surface area contributed by atoms with E-state index in [0.29, 0.717) is 6.04 Å². The molecule has 1 aliphatic heterocycles. The molecule has 2 atom stereocenters. The zero-order chi connectivity index (χ0) is 13.8. The summed E-state index contributed by atoms with van der Waals surface area (Å²) in [5.74, 6) is 0.127. The Morgan fingerprint density at radius 3 is 2.61 bits per heavy atom. The quantitative estimate of drug-likeness (QED) is 0.800. The molecule has 1 heterocycles. The van der Waals surface area contributed by atoms with Gasteiger partial charge in [-0.25, -0.2) is 0 Å². The van der Waals surface area contributed by atoms with Crippen LogP contribution in [0.3, 0.4) is 0 Å². The summed E-state index contributed by atoms with van der Waals surface area (Å²) in [4.78, 5) is 14.4. The highest BCUT2D eigenvalue weighted by Crippen LogP contribution is 2.15. The van der Waals surface area contributed by atoms with Crippen molar-refractivity contribution in [1.29, 1.82) is 0 Å². The third-order valence-corrected chi connectivity index (χ3v) is 3.61. The van der Waals surface area contributed by atoms with Crippen LogP contribution < -0.4 is 10.6 Å². The Labute approximate surface area is 111 Å². The van der Waals surface area contributed by atoms with Gasteiger partial charge in [0, 0.05) is 11.6 Å². The summed E-state index contributed by atoms with van der Waals surface area (Å²) in [6, 6.07) is 0.452. The molecule has 1 rings (SSSR count). The van der Waals surface area contributed by atoms with E-state index >= 15 is 0 Å². The van der Waals surface area contributed by atoms with Crippen LogP contribution in [0.2, 0.25) is 0 Å².